The van der Waals surface area contributed by atoms with Gasteiger partial charge in [0.15, 0.2) is 0 Å². The van der Waals surface area contributed by atoms with Crippen LogP contribution in [0.5, 0.6) is 0 Å². The number of hydrogen-bond donors (Lipinski definition) is 1. The highest BCUT2D eigenvalue weighted by atomic mass is 35.5. The fraction of sp³-hybridized carbons (Fsp3) is 0.333. The van der Waals surface area contributed by atoms with Crippen LogP contribution in [0.25, 0.3) is 11.4 Å². The summed E-state index contributed by atoms with van der Waals surface area (Å²) >= 11 is 7.66. The summed E-state index contributed by atoms with van der Waals surface area (Å²) < 4.78 is 5.18. The Morgan fingerprint density at radius 3 is 3.06 bits per heavy atom. The maximum Gasteiger partial charge on any atom is 0.243 e. The number of halogens is 1. The van der Waals surface area contributed by atoms with Gasteiger partial charge >= 0.3 is 0 Å². The molecule has 2 N–H and O–H groups in total. The van der Waals surface area contributed by atoms with Gasteiger partial charge in [-0.3, -0.25) is 0 Å². The molecule has 4 nitrogen and oxygen atoms in total. The molecule has 0 bridgehead atoms. The Kier molecular flexibility index (Phi) is 4.63. The van der Waals surface area contributed by atoms with Crippen LogP contribution in [0.1, 0.15) is 18.4 Å². The predicted octanol–water partition coefficient (Wildman–Crippen LogP) is 3.14. The third kappa shape index (κ3) is 3.25. The Bertz CT molecular complexity index is 518. The fourth-order valence-electron chi connectivity index (χ4n) is 1.50. The highest BCUT2D eigenvalue weighted by Crippen LogP contribution is 2.22. The largest absolute Gasteiger partial charge is 0.337 e. The van der Waals surface area contributed by atoms with Gasteiger partial charge in [0.2, 0.25) is 11.7 Å². The molecule has 0 radical (unpaired) electrons. The Hall–Kier alpha value is -1.04. The van der Waals surface area contributed by atoms with E-state index in [0.717, 1.165) is 17.7 Å². The van der Waals surface area contributed by atoms with Crippen molar-refractivity contribution in [2.24, 2.45) is 5.73 Å². The van der Waals surface area contributed by atoms with E-state index in [2.05, 4.69) is 10.1 Å². The van der Waals surface area contributed by atoms with Gasteiger partial charge in [0.05, 0.1) is 6.04 Å². The smallest absolute Gasteiger partial charge is 0.243 e. The monoisotopic (exact) mass is 283 g/mol. The normalized spacial score (nSPS) is 12.6. The second-order valence-corrected chi connectivity index (χ2v) is 5.28. The molecule has 18 heavy (non-hydrogen) atoms. The van der Waals surface area contributed by atoms with Gasteiger partial charge in [-0.15, -0.1) is 0 Å². The summed E-state index contributed by atoms with van der Waals surface area (Å²) in [5, 5.41) is 4.57. The molecule has 96 valence electrons. The van der Waals surface area contributed by atoms with Gasteiger partial charge in [-0.25, -0.2) is 0 Å². The molecule has 0 aliphatic heterocycles. The molecule has 1 heterocycles. The summed E-state index contributed by atoms with van der Waals surface area (Å²) in [7, 11) is 0. The Labute approximate surface area is 115 Å². The molecule has 0 aliphatic carbocycles. The maximum absolute atomic E-state index is 5.97. The summed E-state index contributed by atoms with van der Waals surface area (Å²) in [5.41, 5.74) is 6.80. The van der Waals surface area contributed by atoms with Crippen LogP contribution in [-0.2, 0) is 0 Å². The van der Waals surface area contributed by atoms with E-state index in [0.29, 0.717) is 16.7 Å². The van der Waals surface area contributed by atoms with Gasteiger partial charge in [-0.2, -0.15) is 16.7 Å². The molecule has 0 aliphatic rings. The second-order valence-electron chi connectivity index (χ2n) is 3.85. The Balaban J connectivity index is 2.15. The SMILES string of the molecule is CSCC[C@H](N)c1nc(-c2cccc(Cl)c2)no1. The van der Waals surface area contributed by atoms with Crippen molar-refractivity contribution in [1.82, 2.24) is 10.1 Å². The van der Waals surface area contributed by atoms with Crippen molar-refractivity contribution >= 4 is 23.4 Å². The molecule has 2 aromatic rings. The van der Waals surface area contributed by atoms with E-state index in [1.807, 2.05) is 18.4 Å². The lowest BCUT2D eigenvalue weighted by molar-refractivity contribution is 0.353. The van der Waals surface area contributed by atoms with Crippen molar-refractivity contribution in [3.05, 3.63) is 35.2 Å². The highest BCUT2D eigenvalue weighted by Gasteiger charge is 2.15. The van der Waals surface area contributed by atoms with Crippen LogP contribution in [0.3, 0.4) is 0 Å². The average molecular weight is 284 g/mol. The standard InChI is InChI=1S/C12H14ClN3OS/c1-18-6-5-10(14)12-15-11(16-17-12)8-3-2-4-9(13)7-8/h2-4,7,10H,5-6,14H2,1H3/t10-/m0/s1. The molecule has 1 atom stereocenters. The number of hydrogen-bond acceptors (Lipinski definition) is 5. The molecule has 2 rings (SSSR count). The van der Waals surface area contributed by atoms with Crippen LogP contribution in [-0.4, -0.2) is 22.1 Å². The number of nitrogens with zero attached hydrogens (tertiary/aromatic N) is 2. The molecular weight excluding hydrogens is 270 g/mol. The number of nitrogens with two attached hydrogens (primary N) is 1. The Morgan fingerprint density at radius 2 is 2.33 bits per heavy atom. The lowest BCUT2D eigenvalue weighted by atomic mass is 10.2. The van der Waals surface area contributed by atoms with Crippen LogP contribution in [0.4, 0.5) is 0 Å². The maximum atomic E-state index is 5.97. The first kappa shape index (κ1) is 13.4. The van der Waals surface area contributed by atoms with Crippen molar-refractivity contribution < 1.29 is 4.52 Å². The van der Waals surface area contributed by atoms with E-state index in [1.165, 1.54) is 0 Å². The van der Waals surface area contributed by atoms with Crippen LogP contribution < -0.4 is 5.73 Å². The number of benzene rings is 1. The minimum atomic E-state index is -0.210. The molecule has 0 saturated heterocycles. The van der Waals surface area contributed by atoms with Crippen LogP contribution in [0.15, 0.2) is 28.8 Å². The van der Waals surface area contributed by atoms with Gasteiger partial charge in [-0.1, -0.05) is 28.9 Å². The molecule has 1 aromatic heterocycles. The van der Waals surface area contributed by atoms with Crippen molar-refractivity contribution in [3.8, 4) is 11.4 Å². The fourth-order valence-corrected chi connectivity index (χ4v) is 2.18. The molecule has 0 spiro atoms. The van der Waals surface area contributed by atoms with Gasteiger partial charge in [0.1, 0.15) is 0 Å². The number of aromatic nitrogens is 2. The first-order chi connectivity index (χ1) is 8.70. The molecule has 0 saturated carbocycles. The summed E-state index contributed by atoms with van der Waals surface area (Å²) in [5.74, 6) is 1.96. The van der Waals surface area contributed by atoms with Crippen LogP contribution in [0.2, 0.25) is 5.02 Å². The van der Waals surface area contributed by atoms with Crippen molar-refractivity contribution in [2.45, 2.75) is 12.5 Å². The Morgan fingerprint density at radius 1 is 1.50 bits per heavy atom. The van der Waals surface area contributed by atoms with Crippen LogP contribution in [0, 0.1) is 0 Å². The lowest BCUT2D eigenvalue weighted by Gasteiger charge is -2.03. The average Bonchev–Trinajstić information content (AvgIpc) is 2.85. The summed E-state index contributed by atoms with van der Waals surface area (Å²) in [4.78, 5) is 4.30. The van der Waals surface area contributed by atoms with E-state index in [1.54, 1.807) is 23.9 Å². The van der Waals surface area contributed by atoms with Gasteiger partial charge in [0, 0.05) is 10.6 Å². The molecule has 0 fully saturated rings. The summed E-state index contributed by atoms with van der Waals surface area (Å²) in [6.07, 6.45) is 2.86. The number of rotatable bonds is 5. The quantitative estimate of drug-likeness (QED) is 0.913. The molecular formula is C12H14ClN3OS. The molecule has 6 heteroatoms. The minimum absolute atomic E-state index is 0.210. The van der Waals surface area contributed by atoms with Crippen LogP contribution >= 0.6 is 23.4 Å². The van der Waals surface area contributed by atoms with E-state index in [9.17, 15) is 0 Å². The van der Waals surface area contributed by atoms with E-state index in [-0.39, 0.29) is 6.04 Å². The second kappa shape index (κ2) is 6.22. The molecule has 1 aromatic carbocycles. The third-order valence-corrected chi connectivity index (χ3v) is 3.35. The van der Waals surface area contributed by atoms with Crippen molar-refractivity contribution in [3.63, 3.8) is 0 Å². The van der Waals surface area contributed by atoms with Gasteiger partial charge in [-0.05, 0) is 30.6 Å². The third-order valence-electron chi connectivity index (χ3n) is 2.47. The van der Waals surface area contributed by atoms with E-state index >= 15 is 0 Å². The van der Waals surface area contributed by atoms with Crippen molar-refractivity contribution in [1.29, 1.82) is 0 Å². The topological polar surface area (TPSA) is 64.9 Å². The zero-order valence-electron chi connectivity index (χ0n) is 9.97. The van der Waals surface area contributed by atoms with Crippen molar-refractivity contribution in [2.75, 3.05) is 12.0 Å². The number of thioether (sulfide) groups is 1. The molecule has 0 unspecified atom stereocenters. The van der Waals surface area contributed by atoms with E-state index < -0.39 is 0 Å². The van der Waals surface area contributed by atoms with E-state index in [4.69, 9.17) is 21.9 Å². The minimum Gasteiger partial charge on any atom is -0.337 e. The zero-order chi connectivity index (χ0) is 13.0. The summed E-state index contributed by atoms with van der Waals surface area (Å²) in [6, 6.07) is 7.12. The lowest BCUT2D eigenvalue weighted by Crippen LogP contribution is -2.11. The molecule has 0 amide bonds. The first-order valence-electron chi connectivity index (χ1n) is 5.55. The predicted molar refractivity (Wildman–Crippen MR) is 74.7 cm³/mol. The zero-order valence-corrected chi connectivity index (χ0v) is 11.5. The van der Waals surface area contributed by atoms with Gasteiger partial charge in [0.25, 0.3) is 0 Å². The first-order valence-corrected chi connectivity index (χ1v) is 7.32. The highest BCUT2D eigenvalue weighted by molar-refractivity contribution is 7.98. The van der Waals surface area contributed by atoms with Gasteiger partial charge < -0.3 is 10.3 Å². The summed E-state index contributed by atoms with van der Waals surface area (Å²) in [6.45, 7) is 0.